The predicted molar refractivity (Wildman–Crippen MR) is 156 cm³/mol. The van der Waals surface area contributed by atoms with Gasteiger partial charge in [-0.25, -0.2) is 5.01 Å². The van der Waals surface area contributed by atoms with Crippen LogP contribution in [-0.4, -0.2) is 61.5 Å². The number of carbonyl (C=O) groups is 1. The average Bonchev–Trinajstić information content (AvgIpc) is 3.33. The molecule has 0 aromatic heterocycles. The summed E-state index contributed by atoms with van der Waals surface area (Å²) in [5.74, 6) is -0.246. The van der Waals surface area contributed by atoms with Crippen molar-refractivity contribution in [1.82, 2.24) is 10.4 Å². The molecule has 2 heterocycles. The number of benzene rings is 3. The number of hydrogen-bond acceptors (Lipinski definition) is 7. The van der Waals surface area contributed by atoms with Gasteiger partial charge in [0.25, 0.3) is 5.91 Å². The van der Waals surface area contributed by atoms with E-state index in [9.17, 15) is 9.90 Å². The van der Waals surface area contributed by atoms with Crippen LogP contribution in [0.15, 0.2) is 72.8 Å². The quantitative estimate of drug-likeness (QED) is 0.351. The number of anilines is 1. The summed E-state index contributed by atoms with van der Waals surface area (Å²) in [5.41, 5.74) is 5.50. The minimum absolute atomic E-state index is 0.166. The fraction of sp³-hybridized carbons (Fsp3) is 0.300. The highest BCUT2D eigenvalue weighted by atomic mass is 35.5. The molecule has 5 rings (SSSR count). The fourth-order valence-electron chi connectivity index (χ4n) is 4.73. The Balaban J connectivity index is 1.06. The SMILES string of the molecule is C[C@]1(c2ccc(Cl)cc2Cl)OC[C@@H](COc2ccc(N3CCN(NC(=O)C=Cc4cccc(O)c4)CC3)cc2)O1. The van der Waals surface area contributed by atoms with E-state index in [2.05, 4.69) is 10.3 Å². The lowest BCUT2D eigenvalue weighted by Gasteiger charge is -2.35. The van der Waals surface area contributed by atoms with Gasteiger partial charge < -0.3 is 24.2 Å². The van der Waals surface area contributed by atoms with Gasteiger partial charge in [0, 0.05) is 48.5 Å². The molecule has 3 aromatic carbocycles. The fourth-order valence-corrected chi connectivity index (χ4v) is 5.31. The van der Waals surface area contributed by atoms with Crippen molar-refractivity contribution in [3.05, 3.63) is 94.0 Å². The molecule has 210 valence electrons. The van der Waals surface area contributed by atoms with Crippen LogP contribution in [0, 0.1) is 0 Å². The number of phenolic OH excluding ortho intramolecular Hbond substituents is 1. The second kappa shape index (κ2) is 12.5. The van der Waals surface area contributed by atoms with Crippen molar-refractivity contribution in [2.75, 3.05) is 44.3 Å². The van der Waals surface area contributed by atoms with Gasteiger partial charge in [0.15, 0.2) is 5.79 Å². The summed E-state index contributed by atoms with van der Waals surface area (Å²) in [6.45, 7) is 5.51. The van der Waals surface area contributed by atoms with E-state index in [0.29, 0.717) is 36.3 Å². The highest BCUT2D eigenvalue weighted by Crippen LogP contribution is 2.38. The van der Waals surface area contributed by atoms with Gasteiger partial charge in [0.2, 0.25) is 0 Å². The highest BCUT2D eigenvalue weighted by Gasteiger charge is 2.40. The van der Waals surface area contributed by atoms with E-state index >= 15 is 0 Å². The first-order chi connectivity index (χ1) is 19.3. The molecule has 8 nitrogen and oxygen atoms in total. The van der Waals surface area contributed by atoms with E-state index in [1.165, 1.54) is 6.08 Å². The van der Waals surface area contributed by atoms with Gasteiger partial charge in [-0.05, 0) is 67.1 Å². The van der Waals surface area contributed by atoms with Crippen LogP contribution < -0.4 is 15.1 Å². The van der Waals surface area contributed by atoms with Gasteiger partial charge in [0.05, 0.1) is 11.6 Å². The molecule has 0 unspecified atom stereocenters. The molecule has 1 amide bonds. The molecule has 10 heteroatoms. The van der Waals surface area contributed by atoms with Crippen LogP contribution in [0.25, 0.3) is 6.08 Å². The summed E-state index contributed by atoms with van der Waals surface area (Å²) in [6.07, 6.45) is 2.90. The number of piperazine rings is 1. The lowest BCUT2D eigenvalue weighted by molar-refractivity contribution is -0.164. The second-order valence-electron chi connectivity index (χ2n) is 9.80. The van der Waals surface area contributed by atoms with Gasteiger partial charge in [-0.3, -0.25) is 10.2 Å². The lowest BCUT2D eigenvalue weighted by Crippen LogP contribution is -2.53. The van der Waals surface area contributed by atoms with E-state index in [1.54, 1.807) is 36.4 Å². The third-order valence-electron chi connectivity index (χ3n) is 6.84. The van der Waals surface area contributed by atoms with Crippen molar-refractivity contribution < 1.29 is 24.1 Å². The molecule has 2 aliphatic heterocycles. The molecule has 2 atom stereocenters. The number of phenols is 1. The van der Waals surface area contributed by atoms with E-state index in [-0.39, 0.29) is 17.8 Å². The first-order valence-electron chi connectivity index (χ1n) is 13.1. The molecular formula is C30H31Cl2N3O5. The predicted octanol–water partition coefficient (Wildman–Crippen LogP) is 5.23. The van der Waals surface area contributed by atoms with Crippen LogP contribution in [0.1, 0.15) is 18.1 Å². The van der Waals surface area contributed by atoms with Gasteiger partial charge in [0.1, 0.15) is 24.2 Å². The van der Waals surface area contributed by atoms with Crippen LogP contribution >= 0.6 is 23.2 Å². The van der Waals surface area contributed by atoms with Crippen LogP contribution in [0.3, 0.4) is 0 Å². The van der Waals surface area contributed by atoms with Crippen molar-refractivity contribution in [3.8, 4) is 11.5 Å². The highest BCUT2D eigenvalue weighted by molar-refractivity contribution is 6.35. The molecule has 3 aromatic rings. The Kier molecular flexibility index (Phi) is 8.83. The van der Waals surface area contributed by atoms with Crippen molar-refractivity contribution >= 4 is 40.9 Å². The minimum atomic E-state index is -0.955. The summed E-state index contributed by atoms with van der Waals surface area (Å²) >= 11 is 12.4. The Hall–Kier alpha value is -3.27. The van der Waals surface area contributed by atoms with E-state index in [1.807, 2.05) is 48.3 Å². The molecular weight excluding hydrogens is 553 g/mol. The van der Waals surface area contributed by atoms with Crippen LogP contribution in [0.4, 0.5) is 5.69 Å². The van der Waals surface area contributed by atoms with Gasteiger partial charge >= 0.3 is 0 Å². The number of aromatic hydroxyl groups is 1. The van der Waals surface area contributed by atoms with E-state index < -0.39 is 5.79 Å². The summed E-state index contributed by atoms with van der Waals surface area (Å²) in [5, 5.41) is 12.5. The monoisotopic (exact) mass is 583 g/mol. The number of nitrogens with zero attached hydrogens (tertiary/aromatic N) is 2. The topological polar surface area (TPSA) is 83.5 Å². The normalized spacial score (nSPS) is 21.6. The summed E-state index contributed by atoms with van der Waals surface area (Å²) in [4.78, 5) is 14.6. The molecule has 0 bridgehead atoms. The molecule has 0 radical (unpaired) electrons. The number of hydrazine groups is 1. The van der Waals surface area contributed by atoms with Gasteiger partial charge in [-0.2, -0.15) is 0 Å². The molecule has 2 saturated heterocycles. The number of halogens is 2. The standard InChI is InChI=1S/C30H31Cl2N3O5/c1-30(27-11-6-22(31)18-28(27)32)39-20-26(40-30)19-38-25-9-7-23(8-10-25)34-13-15-35(16-14-34)33-29(37)12-5-21-3-2-4-24(36)17-21/h2-12,17-18,26,36H,13-16,19-20H2,1H3,(H,33,37)/t26-,30+/m1/s1. The molecule has 0 saturated carbocycles. The average molecular weight is 585 g/mol. The Morgan fingerprint density at radius 2 is 1.88 bits per heavy atom. The zero-order valence-corrected chi connectivity index (χ0v) is 23.6. The van der Waals surface area contributed by atoms with Crippen molar-refractivity contribution in [2.45, 2.75) is 18.8 Å². The Bertz CT molecular complexity index is 1360. The molecule has 40 heavy (non-hydrogen) atoms. The van der Waals surface area contributed by atoms with Crippen molar-refractivity contribution in [1.29, 1.82) is 0 Å². The second-order valence-corrected chi connectivity index (χ2v) is 10.6. The maximum atomic E-state index is 12.3. The smallest absolute Gasteiger partial charge is 0.258 e. The van der Waals surface area contributed by atoms with Gasteiger partial charge in [-0.15, -0.1) is 0 Å². The third kappa shape index (κ3) is 7.08. The Labute approximate surface area is 243 Å². The molecule has 2 fully saturated rings. The minimum Gasteiger partial charge on any atom is -0.508 e. The largest absolute Gasteiger partial charge is 0.508 e. The van der Waals surface area contributed by atoms with Crippen LogP contribution in [0.2, 0.25) is 10.0 Å². The van der Waals surface area contributed by atoms with Crippen LogP contribution in [0.5, 0.6) is 11.5 Å². The number of ether oxygens (including phenoxy) is 3. The van der Waals surface area contributed by atoms with Crippen LogP contribution in [-0.2, 0) is 20.1 Å². The third-order valence-corrected chi connectivity index (χ3v) is 7.39. The number of amides is 1. The maximum Gasteiger partial charge on any atom is 0.258 e. The number of nitrogens with one attached hydrogen (secondary N) is 1. The summed E-state index contributed by atoms with van der Waals surface area (Å²) in [7, 11) is 0. The first-order valence-corrected chi connectivity index (χ1v) is 13.8. The maximum absolute atomic E-state index is 12.3. The van der Waals surface area contributed by atoms with Crippen molar-refractivity contribution in [3.63, 3.8) is 0 Å². The Morgan fingerprint density at radius 1 is 1.10 bits per heavy atom. The zero-order chi connectivity index (χ0) is 28.1. The van der Waals surface area contributed by atoms with E-state index in [0.717, 1.165) is 35.7 Å². The zero-order valence-electron chi connectivity index (χ0n) is 22.1. The lowest BCUT2D eigenvalue weighted by atomic mass is 10.1. The number of rotatable bonds is 8. The molecule has 0 spiro atoms. The number of carbonyl (C=O) groups excluding carboxylic acids is 1. The van der Waals surface area contributed by atoms with E-state index in [4.69, 9.17) is 37.4 Å². The molecule has 2 N–H and O–H groups in total. The van der Waals surface area contributed by atoms with Crippen molar-refractivity contribution in [2.24, 2.45) is 0 Å². The molecule has 2 aliphatic rings. The number of hydrogen-bond donors (Lipinski definition) is 2. The molecule has 0 aliphatic carbocycles. The summed E-state index contributed by atoms with van der Waals surface area (Å²) in [6, 6.07) is 20.0. The first kappa shape index (κ1) is 28.3. The Morgan fingerprint density at radius 3 is 2.60 bits per heavy atom. The van der Waals surface area contributed by atoms with Gasteiger partial charge in [-0.1, -0.05) is 41.4 Å². The summed E-state index contributed by atoms with van der Waals surface area (Å²) < 4.78 is 18.1.